The van der Waals surface area contributed by atoms with Crippen molar-refractivity contribution >= 4 is 23.3 Å². The van der Waals surface area contributed by atoms with Crippen LogP contribution in [0.15, 0.2) is 255 Å². The fraction of sp³-hybridized carbons (Fsp3) is 0.0164. The molecule has 8 heteroatoms. The zero-order valence-corrected chi connectivity index (χ0v) is 37.3. The molecule has 0 aliphatic carbocycles. The number of hydrogen-bond acceptors (Lipinski definition) is 8. The van der Waals surface area contributed by atoms with Crippen molar-refractivity contribution in [3.63, 3.8) is 0 Å². The molecule has 11 aromatic rings. The van der Waals surface area contributed by atoms with Crippen molar-refractivity contribution in [3.05, 3.63) is 266 Å². The van der Waals surface area contributed by atoms with E-state index < -0.39 is 5.66 Å². The molecular formula is C61H42N8. The van der Waals surface area contributed by atoms with Crippen LogP contribution in [0.2, 0.25) is 0 Å². The van der Waals surface area contributed by atoms with Crippen LogP contribution in [0, 0.1) is 0 Å². The zero-order valence-electron chi connectivity index (χ0n) is 37.3. The summed E-state index contributed by atoms with van der Waals surface area (Å²) in [4.78, 5) is 36.7. The van der Waals surface area contributed by atoms with Gasteiger partial charge in [-0.2, -0.15) is 19.9 Å². The molecule has 3 heterocycles. The molecule has 0 radical (unpaired) electrons. The number of anilines is 4. The van der Waals surface area contributed by atoms with E-state index >= 15 is 0 Å². The summed E-state index contributed by atoms with van der Waals surface area (Å²) in [6.07, 6.45) is 0. The van der Waals surface area contributed by atoms with Crippen molar-refractivity contribution in [2.24, 2.45) is 0 Å². The molecule has 8 nitrogen and oxygen atoms in total. The third-order valence-electron chi connectivity index (χ3n) is 12.6. The molecule has 0 spiro atoms. The molecule has 0 fully saturated rings. The lowest BCUT2D eigenvalue weighted by Gasteiger charge is -2.44. The summed E-state index contributed by atoms with van der Waals surface area (Å²) in [6.45, 7) is 0. The smallest absolute Gasteiger partial charge is 0.236 e. The molecule has 2 aromatic heterocycles. The number of aromatic nitrogens is 6. The van der Waals surface area contributed by atoms with E-state index in [0.717, 1.165) is 67.0 Å². The Labute approximate surface area is 400 Å². The Balaban J connectivity index is 1.12. The third kappa shape index (κ3) is 7.56. The van der Waals surface area contributed by atoms with Crippen LogP contribution in [0.1, 0.15) is 11.1 Å². The molecule has 12 rings (SSSR count). The summed E-state index contributed by atoms with van der Waals surface area (Å²) < 4.78 is 0. The zero-order chi connectivity index (χ0) is 46.0. The first-order valence-electron chi connectivity index (χ1n) is 23.0. The Morgan fingerprint density at radius 2 is 0.449 bits per heavy atom. The van der Waals surface area contributed by atoms with E-state index in [-0.39, 0.29) is 0 Å². The van der Waals surface area contributed by atoms with E-state index in [1.54, 1.807) is 0 Å². The fourth-order valence-corrected chi connectivity index (χ4v) is 9.33. The Kier molecular flexibility index (Phi) is 10.6. The van der Waals surface area contributed by atoms with Gasteiger partial charge in [-0.3, -0.25) is 9.80 Å². The minimum Gasteiger partial charge on any atom is -0.276 e. The second kappa shape index (κ2) is 17.8. The second-order valence-corrected chi connectivity index (χ2v) is 16.7. The lowest BCUT2D eigenvalue weighted by Crippen LogP contribution is -2.52. The van der Waals surface area contributed by atoms with Crippen LogP contribution in [-0.2, 0) is 5.66 Å². The van der Waals surface area contributed by atoms with Gasteiger partial charge in [-0.05, 0) is 34.4 Å². The highest BCUT2D eigenvalue weighted by Gasteiger charge is 2.56. The third-order valence-corrected chi connectivity index (χ3v) is 12.6. The summed E-state index contributed by atoms with van der Waals surface area (Å²) in [6, 6.07) is 87.2. The number of nitrogens with zero attached hydrogens (tertiary/aromatic N) is 8. The Morgan fingerprint density at radius 1 is 0.217 bits per heavy atom. The predicted octanol–water partition coefficient (Wildman–Crippen LogP) is 14.2. The maximum absolute atomic E-state index is 5.47. The van der Waals surface area contributed by atoms with Gasteiger partial charge in [-0.15, -0.1) is 0 Å². The van der Waals surface area contributed by atoms with Gasteiger partial charge < -0.3 is 0 Å². The van der Waals surface area contributed by atoms with E-state index in [1.807, 2.05) is 84.9 Å². The van der Waals surface area contributed by atoms with Gasteiger partial charge in [-0.25, -0.2) is 9.97 Å². The van der Waals surface area contributed by atoms with Gasteiger partial charge >= 0.3 is 0 Å². The second-order valence-electron chi connectivity index (χ2n) is 16.7. The van der Waals surface area contributed by atoms with Gasteiger partial charge in [0.05, 0.1) is 11.4 Å². The standard InChI is InChI=1S/C61H42N8/c1-7-21-43(22-8-1)45-35-39-49(40-36-45)57-62-55(47-25-11-3-12-26-47)64-59(66-57)68-53-33-19-20-34-54(53)69(61(68,51-29-15-5-16-30-51)52-31-17-6-18-32-52)60-65-56(48-27-13-4-14-28-48)63-58(67-60)50-41-37-46(38-42-50)44-23-9-2-10-24-44/h1-42H. The van der Waals surface area contributed by atoms with Crippen LogP contribution in [-0.4, -0.2) is 29.9 Å². The lowest BCUT2D eigenvalue weighted by atomic mass is 9.88. The summed E-state index contributed by atoms with van der Waals surface area (Å²) in [5, 5.41) is 0. The monoisotopic (exact) mass is 886 g/mol. The summed E-state index contributed by atoms with van der Waals surface area (Å²) in [5.41, 5.74) is 10.3. The van der Waals surface area contributed by atoms with Gasteiger partial charge in [0.2, 0.25) is 11.9 Å². The lowest BCUT2D eigenvalue weighted by molar-refractivity contribution is 0.541. The number of rotatable bonds is 10. The van der Waals surface area contributed by atoms with E-state index in [9.17, 15) is 0 Å². The fourth-order valence-electron chi connectivity index (χ4n) is 9.33. The van der Waals surface area contributed by atoms with E-state index in [2.05, 4.69) is 180 Å². The molecule has 1 aliphatic rings. The van der Waals surface area contributed by atoms with Crippen molar-refractivity contribution in [3.8, 4) is 67.8 Å². The van der Waals surface area contributed by atoms with Crippen LogP contribution in [0.4, 0.5) is 23.3 Å². The first-order valence-corrected chi connectivity index (χ1v) is 23.0. The average Bonchev–Trinajstić information content (AvgIpc) is 3.76. The quantitative estimate of drug-likeness (QED) is 0.134. The van der Waals surface area contributed by atoms with Crippen molar-refractivity contribution in [2.45, 2.75) is 5.66 Å². The van der Waals surface area contributed by atoms with Gasteiger partial charge in [0, 0.05) is 33.4 Å². The molecule has 0 N–H and O–H groups in total. The molecular weight excluding hydrogens is 845 g/mol. The average molecular weight is 887 g/mol. The summed E-state index contributed by atoms with van der Waals surface area (Å²) in [7, 11) is 0. The molecule has 69 heavy (non-hydrogen) atoms. The molecule has 0 unspecified atom stereocenters. The van der Waals surface area contributed by atoms with Crippen LogP contribution in [0.25, 0.3) is 67.8 Å². The molecule has 9 aromatic carbocycles. The highest BCUT2D eigenvalue weighted by Crippen LogP contribution is 2.58. The highest BCUT2D eigenvalue weighted by atomic mass is 15.5. The number of hydrogen-bond donors (Lipinski definition) is 0. The van der Waals surface area contributed by atoms with Gasteiger partial charge in [0.25, 0.3) is 0 Å². The molecule has 0 amide bonds. The number of fused-ring (bicyclic) bond motifs is 1. The molecule has 0 bridgehead atoms. The Morgan fingerprint density at radius 3 is 0.768 bits per heavy atom. The predicted molar refractivity (Wildman–Crippen MR) is 277 cm³/mol. The highest BCUT2D eigenvalue weighted by molar-refractivity contribution is 5.91. The largest absolute Gasteiger partial charge is 0.276 e. The van der Waals surface area contributed by atoms with E-state index in [1.165, 1.54) is 0 Å². The van der Waals surface area contributed by atoms with Crippen LogP contribution in [0.5, 0.6) is 0 Å². The molecule has 0 saturated heterocycles. The normalized spacial score (nSPS) is 12.7. The molecule has 1 aliphatic heterocycles. The molecule has 0 atom stereocenters. The van der Waals surface area contributed by atoms with Gasteiger partial charge in [0.15, 0.2) is 29.0 Å². The van der Waals surface area contributed by atoms with Crippen molar-refractivity contribution in [2.75, 3.05) is 9.80 Å². The minimum absolute atomic E-state index is 0.447. The maximum Gasteiger partial charge on any atom is 0.236 e. The van der Waals surface area contributed by atoms with Crippen molar-refractivity contribution < 1.29 is 0 Å². The minimum atomic E-state index is -1.21. The summed E-state index contributed by atoms with van der Waals surface area (Å²) >= 11 is 0. The van der Waals surface area contributed by atoms with Crippen LogP contribution < -0.4 is 9.80 Å². The van der Waals surface area contributed by atoms with Crippen molar-refractivity contribution in [1.82, 2.24) is 29.9 Å². The molecule has 326 valence electrons. The summed E-state index contributed by atoms with van der Waals surface area (Å²) in [5.74, 6) is 3.06. The maximum atomic E-state index is 5.47. The van der Waals surface area contributed by atoms with Crippen molar-refractivity contribution in [1.29, 1.82) is 0 Å². The van der Waals surface area contributed by atoms with Gasteiger partial charge in [-0.1, -0.05) is 243 Å². The van der Waals surface area contributed by atoms with Crippen LogP contribution in [0.3, 0.4) is 0 Å². The first-order chi connectivity index (χ1) is 34.2. The van der Waals surface area contributed by atoms with Gasteiger partial charge in [0.1, 0.15) is 0 Å². The first kappa shape index (κ1) is 41.1. The Bertz CT molecular complexity index is 3290. The Hall–Kier alpha value is -9.40. The number of benzene rings is 9. The topological polar surface area (TPSA) is 83.8 Å². The van der Waals surface area contributed by atoms with Crippen LogP contribution >= 0.6 is 0 Å². The molecule has 0 saturated carbocycles. The van der Waals surface area contributed by atoms with E-state index in [4.69, 9.17) is 29.9 Å². The van der Waals surface area contributed by atoms with E-state index in [0.29, 0.717) is 35.2 Å². The number of para-hydroxylation sites is 2. The SMILES string of the molecule is c1ccc(-c2ccc(-c3nc(-c4ccccc4)nc(N4c5ccccc5N(c5nc(-c6ccccc6)nc(-c6ccc(-c7ccccc7)cc6)n5)C4(c4ccccc4)c4ccccc4)n3)cc2)cc1.